The maximum atomic E-state index is 12.3. The Kier molecular flexibility index (Phi) is 6.76. The van der Waals surface area contributed by atoms with Crippen LogP contribution in [0.15, 0.2) is 60.7 Å². The van der Waals surface area contributed by atoms with Crippen molar-refractivity contribution in [3.8, 4) is 0 Å². The molecule has 0 bridgehead atoms. The summed E-state index contributed by atoms with van der Waals surface area (Å²) in [5, 5.41) is 3.13. The van der Waals surface area contributed by atoms with E-state index in [0.717, 1.165) is 24.1 Å². The summed E-state index contributed by atoms with van der Waals surface area (Å²) < 4.78 is 0. The molecule has 0 aromatic heterocycles. The van der Waals surface area contributed by atoms with Crippen molar-refractivity contribution in [2.24, 2.45) is 0 Å². The Bertz CT molecular complexity index is 660. The Morgan fingerprint density at radius 3 is 2.38 bits per heavy atom. The summed E-state index contributed by atoms with van der Waals surface area (Å²) in [6.07, 6.45) is 4.32. The lowest BCUT2D eigenvalue weighted by Crippen LogP contribution is -2.29. The topological polar surface area (TPSA) is 32.3 Å². The van der Waals surface area contributed by atoms with E-state index in [9.17, 15) is 4.79 Å². The van der Waals surface area contributed by atoms with Gasteiger partial charge in [0.15, 0.2) is 0 Å². The van der Waals surface area contributed by atoms with Crippen LogP contribution in [0.3, 0.4) is 0 Å². The third-order valence-electron chi connectivity index (χ3n) is 3.89. The Balaban J connectivity index is 2.05. The first kappa shape index (κ1) is 18.0. The van der Waals surface area contributed by atoms with E-state index in [2.05, 4.69) is 41.4 Å². The third kappa shape index (κ3) is 6.01. The second kappa shape index (κ2) is 9.04. The predicted octanol–water partition coefficient (Wildman–Crippen LogP) is 3.82. The minimum Gasteiger partial charge on any atom is -0.346 e. The first-order valence-corrected chi connectivity index (χ1v) is 8.29. The van der Waals surface area contributed by atoms with Gasteiger partial charge >= 0.3 is 0 Å². The average Bonchev–Trinajstić information content (AvgIpc) is 2.58. The zero-order chi connectivity index (χ0) is 17.4. The first-order chi connectivity index (χ1) is 11.5. The molecule has 0 aliphatic heterocycles. The molecule has 0 aliphatic rings. The van der Waals surface area contributed by atoms with E-state index in [1.165, 1.54) is 5.56 Å². The molecule has 126 valence electrons. The molecule has 0 saturated carbocycles. The van der Waals surface area contributed by atoms with Crippen LogP contribution in [0.4, 0.5) is 0 Å². The van der Waals surface area contributed by atoms with E-state index in [1.54, 1.807) is 6.08 Å². The molecule has 0 heterocycles. The molecular weight excluding hydrogens is 296 g/mol. The van der Waals surface area contributed by atoms with E-state index >= 15 is 0 Å². The number of hydrogen-bond acceptors (Lipinski definition) is 2. The number of nitrogens with one attached hydrogen (secondary N) is 1. The van der Waals surface area contributed by atoms with Crippen molar-refractivity contribution in [1.29, 1.82) is 0 Å². The van der Waals surface area contributed by atoms with E-state index in [0.29, 0.717) is 0 Å². The third-order valence-corrected chi connectivity index (χ3v) is 3.89. The van der Waals surface area contributed by atoms with Gasteiger partial charge in [-0.15, -0.1) is 0 Å². The number of nitrogens with zero attached hydrogens (tertiary/aromatic N) is 1. The second-order valence-electron chi connectivity index (χ2n) is 6.31. The van der Waals surface area contributed by atoms with Gasteiger partial charge in [-0.05, 0) is 51.2 Å². The molecule has 2 aromatic carbocycles. The lowest BCUT2D eigenvalue weighted by Gasteiger charge is -2.21. The molecule has 1 unspecified atom stereocenters. The molecule has 0 saturated heterocycles. The minimum atomic E-state index is -0.0665. The molecule has 0 aliphatic carbocycles. The van der Waals surface area contributed by atoms with Crippen molar-refractivity contribution >= 4 is 12.0 Å². The van der Waals surface area contributed by atoms with Gasteiger partial charge in [0.05, 0.1) is 6.04 Å². The van der Waals surface area contributed by atoms with Gasteiger partial charge in [0.25, 0.3) is 0 Å². The van der Waals surface area contributed by atoms with Crippen LogP contribution in [-0.4, -0.2) is 31.4 Å². The SMILES string of the molecule is Cc1ccc(C(CCN(C)C)NC(=O)/C=C/c2ccccc2)cc1. The van der Waals surface area contributed by atoms with Crippen LogP contribution < -0.4 is 5.32 Å². The van der Waals surface area contributed by atoms with Crippen molar-refractivity contribution in [1.82, 2.24) is 10.2 Å². The van der Waals surface area contributed by atoms with Crippen LogP contribution in [0.25, 0.3) is 6.08 Å². The van der Waals surface area contributed by atoms with Crippen LogP contribution in [0, 0.1) is 6.92 Å². The van der Waals surface area contributed by atoms with Gasteiger partial charge in [-0.25, -0.2) is 0 Å². The standard InChI is InChI=1S/C21H26N2O/c1-17-9-12-19(13-10-17)20(15-16-23(2)3)22-21(24)14-11-18-7-5-4-6-8-18/h4-14,20H,15-16H2,1-3H3,(H,22,24)/b14-11+. The molecule has 2 aromatic rings. The van der Waals surface area contributed by atoms with Crippen molar-refractivity contribution in [3.05, 3.63) is 77.4 Å². The van der Waals surface area contributed by atoms with Crippen molar-refractivity contribution in [2.45, 2.75) is 19.4 Å². The predicted molar refractivity (Wildman–Crippen MR) is 101 cm³/mol. The average molecular weight is 322 g/mol. The molecule has 1 N–H and O–H groups in total. The van der Waals surface area contributed by atoms with Crippen molar-refractivity contribution < 1.29 is 4.79 Å². The fourth-order valence-corrected chi connectivity index (χ4v) is 2.46. The van der Waals surface area contributed by atoms with E-state index in [1.807, 2.05) is 50.5 Å². The van der Waals surface area contributed by atoms with E-state index in [-0.39, 0.29) is 11.9 Å². The number of hydrogen-bond donors (Lipinski definition) is 1. The molecule has 0 fully saturated rings. The van der Waals surface area contributed by atoms with Gasteiger partial charge in [0.1, 0.15) is 0 Å². The number of carbonyl (C=O) groups is 1. The number of benzene rings is 2. The summed E-state index contributed by atoms with van der Waals surface area (Å²) >= 11 is 0. The van der Waals surface area contributed by atoms with Crippen molar-refractivity contribution in [2.75, 3.05) is 20.6 Å². The van der Waals surface area contributed by atoms with Gasteiger partial charge in [0.2, 0.25) is 5.91 Å². The highest BCUT2D eigenvalue weighted by Crippen LogP contribution is 2.18. The molecule has 2 rings (SSSR count). The monoisotopic (exact) mass is 322 g/mol. The van der Waals surface area contributed by atoms with Crippen LogP contribution in [0.5, 0.6) is 0 Å². The lowest BCUT2D eigenvalue weighted by molar-refractivity contribution is -0.117. The second-order valence-corrected chi connectivity index (χ2v) is 6.31. The van der Waals surface area contributed by atoms with Gasteiger partial charge in [-0.3, -0.25) is 4.79 Å². The Morgan fingerprint density at radius 1 is 1.08 bits per heavy atom. The molecule has 0 spiro atoms. The van der Waals surface area contributed by atoms with E-state index < -0.39 is 0 Å². The number of amides is 1. The first-order valence-electron chi connectivity index (χ1n) is 8.29. The van der Waals surface area contributed by atoms with Gasteiger partial charge < -0.3 is 10.2 Å². The maximum Gasteiger partial charge on any atom is 0.244 e. The minimum absolute atomic E-state index is 0.0147. The Morgan fingerprint density at radius 2 is 1.75 bits per heavy atom. The fourth-order valence-electron chi connectivity index (χ4n) is 2.46. The van der Waals surface area contributed by atoms with Crippen molar-refractivity contribution in [3.63, 3.8) is 0 Å². The highest BCUT2D eigenvalue weighted by atomic mass is 16.1. The van der Waals surface area contributed by atoms with Gasteiger partial charge in [0, 0.05) is 6.08 Å². The van der Waals surface area contributed by atoms with Crippen LogP contribution >= 0.6 is 0 Å². The molecule has 3 heteroatoms. The normalized spacial score (nSPS) is 12.5. The Hall–Kier alpha value is -2.39. The van der Waals surface area contributed by atoms with Crippen LogP contribution in [0.1, 0.15) is 29.2 Å². The summed E-state index contributed by atoms with van der Waals surface area (Å²) in [5.41, 5.74) is 3.39. The maximum absolute atomic E-state index is 12.3. The smallest absolute Gasteiger partial charge is 0.244 e. The zero-order valence-corrected chi connectivity index (χ0v) is 14.7. The molecule has 0 radical (unpaired) electrons. The fraction of sp³-hybridized carbons (Fsp3) is 0.286. The molecule has 1 atom stereocenters. The molecule has 3 nitrogen and oxygen atoms in total. The molecule has 1 amide bonds. The highest BCUT2D eigenvalue weighted by Gasteiger charge is 2.13. The zero-order valence-electron chi connectivity index (χ0n) is 14.7. The number of aryl methyl sites for hydroxylation is 1. The summed E-state index contributed by atoms with van der Waals surface area (Å²) in [4.78, 5) is 14.4. The number of carbonyl (C=O) groups excluding carboxylic acids is 1. The summed E-state index contributed by atoms with van der Waals surface area (Å²) in [6, 6.07) is 18.2. The molecular formula is C21H26N2O. The van der Waals surface area contributed by atoms with Crippen LogP contribution in [-0.2, 0) is 4.79 Å². The highest BCUT2D eigenvalue weighted by molar-refractivity contribution is 5.92. The summed E-state index contributed by atoms with van der Waals surface area (Å²) in [7, 11) is 4.09. The van der Waals surface area contributed by atoms with Crippen LogP contribution in [0.2, 0.25) is 0 Å². The summed E-state index contributed by atoms with van der Waals surface area (Å²) in [6.45, 7) is 2.99. The Labute approximate surface area is 145 Å². The molecule has 24 heavy (non-hydrogen) atoms. The van der Waals surface area contributed by atoms with Gasteiger partial charge in [-0.1, -0.05) is 60.2 Å². The lowest BCUT2D eigenvalue weighted by atomic mass is 10.0. The summed E-state index contributed by atoms with van der Waals surface area (Å²) in [5.74, 6) is -0.0665. The number of rotatable bonds is 7. The van der Waals surface area contributed by atoms with Gasteiger partial charge in [-0.2, -0.15) is 0 Å². The van der Waals surface area contributed by atoms with E-state index in [4.69, 9.17) is 0 Å². The largest absolute Gasteiger partial charge is 0.346 e. The quantitative estimate of drug-likeness (QED) is 0.786.